The lowest BCUT2D eigenvalue weighted by molar-refractivity contribution is -0.137. The molecular formula is C20H28Cl2N4O3. The predicted molar refractivity (Wildman–Crippen MR) is 114 cm³/mol. The molecule has 0 spiro atoms. The Kier molecular flexibility index (Phi) is 6.34. The Balaban J connectivity index is 1.69. The molecule has 2 aliphatic heterocycles. The van der Waals surface area contributed by atoms with Crippen LogP contribution in [0.25, 0.3) is 0 Å². The molecular weight excluding hydrogens is 415 g/mol. The molecule has 2 fully saturated rings. The third-order valence-electron chi connectivity index (χ3n) is 5.74. The van der Waals surface area contributed by atoms with Crippen molar-refractivity contribution in [2.75, 3.05) is 18.0 Å². The van der Waals surface area contributed by atoms with Crippen LogP contribution < -0.4 is 15.5 Å². The van der Waals surface area contributed by atoms with Crippen LogP contribution in [0.4, 0.5) is 5.69 Å². The third kappa shape index (κ3) is 4.63. The fraction of sp³-hybridized carbons (Fsp3) is 0.600. The van der Waals surface area contributed by atoms with Crippen LogP contribution in [0.3, 0.4) is 0 Å². The van der Waals surface area contributed by atoms with Crippen molar-refractivity contribution in [3.05, 3.63) is 28.2 Å². The summed E-state index contributed by atoms with van der Waals surface area (Å²) in [5.74, 6) is -0.658. The maximum Gasteiger partial charge on any atom is 0.243 e. The number of carbonyl (C=O) groups excluding carboxylic acids is 2. The maximum atomic E-state index is 13.1. The molecule has 1 aromatic rings. The molecule has 3 unspecified atom stereocenters. The number of halogens is 2. The first-order valence-electron chi connectivity index (χ1n) is 9.80. The minimum Gasteiger partial charge on any atom is -0.362 e. The number of hydrogen-bond donors (Lipinski definition) is 3. The maximum absolute atomic E-state index is 13.1. The molecule has 2 saturated heterocycles. The summed E-state index contributed by atoms with van der Waals surface area (Å²) in [4.78, 5) is 29.3. The number of carbonyl (C=O) groups is 2. The fourth-order valence-corrected chi connectivity index (χ4v) is 5.06. The van der Waals surface area contributed by atoms with E-state index in [-0.39, 0.29) is 29.8 Å². The highest BCUT2D eigenvalue weighted by atomic mass is 35.5. The summed E-state index contributed by atoms with van der Waals surface area (Å²) in [6.45, 7) is 8.80. The quantitative estimate of drug-likeness (QED) is 0.665. The van der Waals surface area contributed by atoms with Crippen LogP contribution in [0.2, 0.25) is 10.0 Å². The average molecular weight is 443 g/mol. The van der Waals surface area contributed by atoms with E-state index in [1.54, 1.807) is 13.0 Å². The van der Waals surface area contributed by atoms with Gasteiger partial charge < -0.3 is 20.2 Å². The standard InChI is InChI=1S/C20H28Cl2N4O3/c1-11(8-20(4)18(28)23-19(29)24-20)17(27)25-9-12(2)26(13(3)10-25)16-6-14(21)5-15(22)7-16/h5-7,11-13,19,24,29H,8-10H2,1-4H3,(H,23,28)/t11?,12-,13-,19?,20?/m0/s1. The Hall–Kier alpha value is -1.54. The van der Waals surface area contributed by atoms with Crippen LogP contribution >= 0.6 is 23.2 Å². The molecule has 7 nitrogen and oxygen atoms in total. The second-order valence-electron chi connectivity index (χ2n) is 8.43. The summed E-state index contributed by atoms with van der Waals surface area (Å²) in [6, 6.07) is 5.63. The van der Waals surface area contributed by atoms with E-state index in [1.807, 2.05) is 24.0 Å². The van der Waals surface area contributed by atoms with Gasteiger partial charge in [-0.15, -0.1) is 0 Å². The van der Waals surface area contributed by atoms with Crippen LogP contribution in [-0.4, -0.2) is 58.9 Å². The molecule has 3 rings (SSSR count). The van der Waals surface area contributed by atoms with E-state index in [1.165, 1.54) is 0 Å². The molecule has 1 aromatic carbocycles. The van der Waals surface area contributed by atoms with Crippen LogP contribution in [0, 0.1) is 5.92 Å². The van der Waals surface area contributed by atoms with E-state index in [4.69, 9.17) is 23.2 Å². The first-order valence-corrected chi connectivity index (χ1v) is 10.6. The molecule has 0 radical (unpaired) electrons. The monoisotopic (exact) mass is 442 g/mol. The summed E-state index contributed by atoms with van der Waals surface area (Å²) in [5, 5.41) is 16.0. The van der Waals surface area contributed by atoms with Crippen LogP contribution in [0.1, 0.15) is 34.1 Å². The Bertz CT molecular complexity index is 776. The van der Waals surface area contributed by atoms with Gasteiger partial charge in [0.15, 0.2) is 6.35 Å². The summed E-state index contributed by atoms with van der Waals surface area (Å²) in [5.41, 5.74) is -0.0265. The molecule has 160 valence electrons. The Morgan fingerprint density at radius 3 is 2.28 bits per heavy atom. The van der Waals surface area contributed by atoms with Crippen molar-refractivity contribution < 1.29 is 14.7 Å². The van der Waals surface area contributed by atoms with Gasteiger partial charge in [0.05, 0.1) is 5.54 Å². The number of aliphatic hydroxyl groups excluding tert-OH is 1. The molecule has 2 aliphatic rings. The van der Waals surface area contributed by atoms with Crippen molar-refractivity contribution in [2.45, 2.75) is 58.1 Å². The number of piperazine rings is 1. The number of anilines is 1. The van der Waals surface area contributed by atoms with Crippen molar-refractivity contribution in [3.63, 3.8) is 0 Å². The Morgan fingerprint density at radius 2 is 1.79 bits per heavy atom. The van der Waals surface area contributed by atoms with E-state index in [0.717, 1.165) is 5.69 Å². The van der Waals surface area contributed by atoms with E-state index in [2.05, 4.69) is 29.4 Å². The van der Waals surface area contributed by atoms with Gasteiger partial charge in [0.1, 0.15) is 0 Å². The normalized spacial score (nSPS) is 31.0. The van der Waals surface area contributed by atoms with Crippen molar-refractivity contribution in [1.82, 2.24) is 15.5 Å². The van der Waals surface area contributed by atoms with Gasteiger partial charge in [0, 0.05) is 46.8 Å². The van der Waals surface area contributed by atoms with Gasteiger partial charge in [-0.2, -0.15) is 0 Å². The number of benzene rings is 1. The number of nitrogens with one attached hydrogen (secondary N) is 2. The van der Waals surface area contributed by atoms with Gasteiger partial charge in [-0.1, -0.05) is 30.1 Å². The van der Waals surface area contributed by atoms with Crippen molar-refractivity contribution in [1.29, 1.82) is 0 Å². The minimum absolute atomic E-state index is 0.00434. The second kappa shape index (κ2) is 8.30. The van der Waals surface area contributed by atoms with E-state index in [0.29, 0.717) is 29.6 Å². The van der Waals surface area contributed by atoms with Gasteiger partial charge in [0.2, 0.25) is 11.8 Å². The minimum atomic E-state index is -1.08. The Morgan fingerprint density at radius 1 is 1.24 bits per heavy atom. The van der Waals surface area contributed by atoms with Crippen LogP contribution in [-0.2, 0) is 9.59 Å². The lowest BCUT2D eigenvalue weighted by atomic mass is 9.88. The zero-order valence-electron chi connectivity index (χ0n) is 17.1. The average Bonchev–Trinajstić information content (AvgIpc) is 2.84. The highest BCUT2D eigenvalue weighted by molar-refractivity contribution is 6.35. The lowest BCUT2D eigenvalue weighted by Crippen LogP contribution is -2.59. The van der Waals surface area contributed by atoms with Crippen molar-refractivity contribution in [3.8, 4) is 0 Å². The summed E-state index contributed by atoms with van der Waals surface area (Å²) >= 11 is 12.3. The highest BCUT2D eigenvalue weighted by Gasteiger charge is 2.44. The van der Waals surface area contributed by atoms with Crippen molar-refractivity contribution in [2.24, 2.45) is 5.92 Å². The number of aliphatic hydroxyl groups is 1. The molecule has 0 aromatic heterocycles. The number of rotatable bonds is 4. The SMILES string of the molecule is CC(CC1(C)NC(O)NC1=O)C(=O)N1C[C@H](C)N(c2cc(Cl)cc(Cl)c2)[C@@H](C)C1. The van der Waals surface area contributed by atoms with Gasteiger partial charge in [0.25, 0.3) is 0 Å². The molecule has 5 atom stereocenters. The zero-order chi connectivity index (χ0) is 21.5. The fourth-order valence-electron chi connectivity index (χ4n) is 4.55. The number of hydrogen-bond acceptors (Lipinski definition) is 5. The molecule has 0 aliphatic carbocycles. The number of nitrogens with zero attached hydrogens (tertiary/aromatic N) is 2. The highest BCUT2D eigenvalue weighted by Crippen LogP contribution is 2.31. The summed E-state index contributed by atoms with van der Waals surface area (Å²) in [6.07, 6.45) is -0.773. The van der Waals surface area contributed by atoms with Crippen LogP contribution in [0.5, 0.6) is 0 Å². The second-order valence-corrected chi connectivity index (χ2v) is 9.31. The zero-order valence-corrected chi connectivity index (χ0v) is 18.6. The molecule has 2 heterocycles. The molecule has 0 saturated carbocycles. The van der Waals surface area contributed by atoms with Gasteiger partial charge in [-0.3, -0.25) is 14.9 Å². The van der Waals surface area contributed by atoms with Crippen LogP contribution in [0.15, 0.2) is 18.2 Å². The van der Waals surface area contributed by atoms with E-state index >= 15 is 0 Å². The predicted octanol–water partition coefficient (Wildman–Crippen LogP) is 2.20. The summed E-state index contributed by atoms with van der Waals surface area (Å²) in [7, 11) is 0. The van der Waals surface area contributed by atoms with Gasteiger partial charge in [-0.05, 0) is 45.4 Å². The molecule has 2 amide bonds. The molecule has 29 heavy (non-hydrogen) atoms. The molecule has 0 bridgehead atoms. The largest absolute Gasteiger partial charge is 0.362 e. The molecule has 9 heteroatoms. The first kappa shape index (κ1) is 22.2. The Labute approximate surface area is 181 Å². The van der Waals surface area contributed by atoms with Gasteiger partial charge in [-0.25, -0.2) is 0 Å². The smallest absolute Gasteiger partial charge is 0.243 e. The number of amides is 2. The third-order valence-corrected chi connectivity index (χ3v) is 6.17. The van der Waals surface area contributed by atoms with E-state index < -0.39 is 11.9 Å². The van der Waals surface area contributed by atoms with E-state index in [9.17, 15) is 14.7 Å². The lowest BCUT2D eigenvalue weighted by Gasteiger charge is -2.46. The first-order chi connectivity index (χ1) is 13.5. The van der Waals surface area contributed by atoms with Crippen molar-refractivity contribution >= 4 is 40.7 Å². The molecule has 3 N–H and O–H groups in total. The topological polar surface area (TPSA) is 84.9 Å². The summed E-state index contributed by atoms with van der Waals surface area (Å²) < 4.78 is 0. The van der Waals surface area contributed by atoms with Gasteiger partial charge >= 0.3 is 0 Å².